The summed E-state index contributed by atoms with van der Waals surface area (Å²) >= 11 is 11.1. The molecule has 0 spiro atoms. The van der Waals surface area contributed by atoms with Crippen molar-refractivity contribution in [3.63, 3.8) is 0 Å². The number of aromatic nitrogens is 1. The zero-order chi connectivity index (χ0) is 13.3. The maximum atomic E-state index is 6.25. The molecule has 0 aliphatic carbocycles. The second-order valence-electron chi connectivity index (χ2n) is 4.06. The summed E-state index contributed by atoms with van der Waals surface area (Å²) in [6, 6.07) is 5.57. The Morgan fingerprint density at radius 1 is 1.50 bits per heavy atom. The molecule has 2 N–H and O–H groups in total. The monoisotopic (exact) mass is 344 g/mol. The SMILES string of the molecule is CCc1nc(C(N)c2ccc(Br)c(Cl)c2)sc1C. The predicted octanol–water partition coefficient (Wildman–Crippen LogP) is 4.48. The van der Waals surface area contributed by atoms with Crippen molar-refractivity contribution in [2.45, 2.75) is 26.3 Å². The Bertz CT molecular complexity index is 568. The highest BCUT2D eigenvalue weighted by molar-refractivity contribution is 9.10. The van der Waals surface area contributed by atoms with Gasteiger partial charge in [-0.3, -0.25) is 0 Å². The summed E-state index contributed by atoms with van der Waals surface area (Å²) in [6.45, 7) is 4.19. The Morgan fingerprint density at radius 3 is 2.78 bits per heavy atom. The highest BCUT2D eigenvalue weighted by Crippen LogP contribution is 2.30. The number of aryl methyl sites for hydroxylation is 2. The summed E-state index contributed by atoms with van der Waals surface area (Å²) in [7, 11) is 0. The predicted molar refractivity (Wildman–Crippen MR) is 81.4 cm³/mol. The van der Waals surface area contributed by atoms with E-state index in [1.807, 2.05) is 18.2 Å². The fourth-order valence-corrected chi connectivity index (χ4v) is 3.24. The second-order valence-corrected chi connectivity index (χ2v) is 6.56. The number of nitrogens with zero attached hydrogens (tertiary/aromatic N) is 1. The van der Waals surface area contributed by atoms with E-state index >= 15 is 0 Å². The molecule has 0 saturated carbocycles. The van der Waals surface area contributed by atoms with Gasteiger partial charge in [0.25, 0.3) is 0 Å². The van der Waals surface area contributed by atoms with Gasteiger partial charge in [0, 0.05) is 9.35 Å². The number of hydrogen-bond donors (Lipinski definition) is 1. The molecule has 5 heteroatoms. The van der Waals surface area contributed by atoms with Crippen molar-refractivity contribution in [2.75, 3.05) is 0 Å². The van der Waals surface area contributed by atoms with E-state index in [0.29, 0.717) is 5.02 Å². The number of benzene rings is 1. The molecule has 1 unspecified atom stereocenters. The lowest BCUT2D eigenvalue weighted by molar-refractivity contribution is 0.844. The van der Waals surface area contributed by atoms with Gasteiger partial charge < -0.3 is 5.73 Å². The van der Waals surface area contributed by atoms with Gasteiger partial charge in [-0.15, -0.1) is 11.3 Å². The van der Waals surface area contributed by atoms with Crippen LogP contribution in [0.5, 0.6) is 0 Å². The molecule has 0 amide bonds. The molecule has 0 fully saturated rings. The third-order valence-electron chi connectivity index (χ3n) is 2.81. The van der Waals surface area contributed by atoms with E-state index in [0.717, 1.165) is 27.2 Å². The largest absolute Gasteiger partial charge is 0.318 e. The molecule has 1 aromatic heterocycles. The van der Waals surface area contributed by atoms with Crippen LogP contribution in [0, 0.1) is 6.92 Å². The van der Waals surface area contributed by atoms with E-state index < -0.39 is 0 Å². The van der Waals surface area contributed by atoms with Gasteiger partial charge >= 0.3 is 0 Å². The fourth-order valence-electron chi connectivity index (χ4n) is 1.76. The molecule has 2 aromatic rings. The summed E-state index contributed by atoms with van der Waals surface area (Å²) in [6.07, 6.45) is 0.941. The third-order valence-corrected chi connectivity index (χ3v) is 5.14. The van der Waals surface area contributed by atoms with Crippen LogP contribution in [-0.4, -0.2) is 4.98 Å². The van der Waals surface area contributed by atoms with Gasteiger partial charge in [-0.1, -0.05) is 24.6 Å². The van der Waals surface area contributed by atoms with Crippen LogP contribution in [-0.2, 0) is 6.42 Å². The fraction of sp³-hybridized carbons (Fsp3) is 0.308. The standard InChI is InChI=1S/C13H14BrClN2S/c1-3-11-7(2)18-13(17-11)12(16)8-4-5-9(14)10(15)6-8/h4-6,12H,3,16H2,1-2H3. The zero-order valence-corrected chi connectivity index (χ0v) is 13.4. The van der Waals surface area contributed by atoms with Gasteiger partial charge in [0.1, 0.15) is 5.01 Å². The summed E-state index contributed by atoms with van der Waals surface area (Å²) in [5.74, 6) is 0. The topological polar surface area (TPSA) is 38.9 Å². The van der Waals surface area contributed by atoms with Crippen molar-refractivity contribution in [3.8, 4) is 0 Å². The third kappa shape index (κ3) is 2.77. The second kappa shape index (κ2) is 5.70. The Balaban J connectivity index is 2.34. The molecule has 1 atom stereocenters. The quantitative estimate of drug-likeness (QED) is 0.891. The van der Waals surface area contributed by atoms with Crippen molar-refractivity contribution < 1.29 is 0 Å². The van der Waals surface area contributed by atoms with E-state index in [4.69, 9.17) is 17.3 Å². The summed E-state index contributed by atoms with van der Waals surface area (Å²) in [5.41, 5.74) is 8.36. The van der Waals surface area contributed by atoms with E-state index in [-0.39, 0.29) is 6.04 Å². The first-order valence-electron chi connectivity index (χ1n) is 5.69. The highest BCUT2D eigenvalue weighted by Gasteiger charge is 2.16. The van der Waals surface area contributed by atoms with Gasteiger partial charge in [0.15, 0.2) is 0 Å². The lowest BCUT2D eigenvalue weighted by atomic mass is 10.1. The molecule has 96 valence electrons. The number of thiazole rings is 1. The van der Waals surface area contributed by atoms with Crippen LogP contribution in [0.4, 0.5) is 0 Å². The molecular weight excluding hydrogens is 332 g/mol. The minimum atomic E-state index is -0.209. The van der Waals surface area contributed by atoms with Crippen LogP contribution in [0.3, 0.4) is 0 Å². The van der Waals surface area contributed by atoms with Crippen LogP contribution in [0.15, 0.2) is 22.7 Å². The Hall–Kier alpha value is -0.420. The van der Waals surface area contributed by atoms with Crippen LogP contribution >= 0.6 is 38.9 Å². The smallest absolute Gasteiger partial charge is 0.114 e. The van der Waals surface area contributed by atoms with Crippen molar-refractivity contribution in [2.24, 2.45) is 5.73 Å². The van der Waals surface area contributed by atoms with Gasteiger partial charge in [-0.05, 0) is 47.0 Å². The van der Waals surface area contributed by atoms with E-state index in [1.165, 1.54) is 4.88 Å². The molecule has 1 heterocycles. The Morgan fingerprint density at radius 2 is 2.22 bits per heavy atom. The normalized spacial score (nSPS) is 12.7. The van der Waals surface area contributed by atoms with Crippen molar-refractivity contribution in [1.82, 2.24) is 4.98 Å². The molecule has 1 aromatic carbocycles. The average Bonchev–Trinajstić information content (AvgIpc) is 2.73. The maximum absolute atomic E-state index is 6.25. The minimum Gasteiger partial charge on any atom is -0.318 e. The first-order valence-corrected chi connectivity index (χ1v) is 7.68. The van der Waals surface area contributed by atoms with Crippen LogP contribution < -0.4 is 5.73 Å². The lowest BCUT2D eigenvalue weighted by Crippen LogP contribution is -2.11. The number of halogens is 2. The summed E-state index contributed by atoms with van der Waals surface area (Å²) in [4.78, 5) is 5.84. The number of hydrogen-bond acceptors (Lipinski definition) is 3. The van der Waals surface area contributed by atoms with Crippen LogP contribution in [0.25, 0.3) is 0 Å². The van der Waals surface area contributed by atoms with Gasteiger partial charge in [-0.25, -0.2) is 4.98 Å². The van der Waals surface area contributed by atoms with Crippen molar-refractivity contribution in [1.29, 1.82) is 0 Å². The summed E-state index contributed by atoms with van der Waals surface area (Å²) < 4.78 is 0.879. The van der Waals surface area contributed by atoms with E-state index in [1.54, 1.807) is 11.3 Å². The lowest BCUT2D eigenvalue weighted by Gasteiger charge is -2.09. The van der Waals surface area contributed by atoms with Crippen LogP contribution in [0.1, 0.15) is 34.1 Å². The Labute approximate surface area is 124 Å². The molecule has 0 radical (unpaired) electrons. The maximum Gasteiger partial charge on any atom is 0.114 e. The molecule has 0 aliphatic heterocycles. The zero-order valence-electron chi connectivity index (χ0n) is 10.2. The van der Waals surface area contributed by atoms with Crippen molar-refractivity contribution >= 4 is 38.9 Å². The van der Waals surface area contributed by atoms with Gasteiger partial charge in [0.05, 0.1) is 16.8 Å². The first-order chi connectivity index (χ1) is 8.52. The van der Waals surface area contributed by atoms with E-state index in [2.05, 4.69) is 34.8 Å². The molecule has 18 heavy (non-hydrogen) atoms. The molecular formula is C13H14BrClN2S. The molecule has 2 nitrogen and oxygen atoms in total. The minimum absolute atomic E-state index is 0.209. The Kier molecular flexibility index (Phi) is 4.43. The van der Waals surface area contributed by atoms with Gasteiger partial charge in [0.2, 0.25) is 0 Å². The summed E-state index contributed by atoms with van der Waals surface area (Å²) in [5, 5.41) is 1.62. The van der Waals surface area contributed by atoms with E-state index in [9.17, 15) is 0 Å². The van der Waals surface area contributed by atoms with Crippen LogP contribution in [0.2, 0.25) is 5.02 Å². The number of rotatable bonds is 3. The highest BCUT2D eigenvalue weighted by atomic mass is 79.9. The first kappa shape index (κ1) is 14.0. The number of nitrogens with two attached hydrogens (primary N) is 1. The van der Waals surface area contributed by atoms with Crippen molar-refractivity contribution in [3.05, 3.63) is 48.8 Å². The molecule has 0 saturated heterocycles. The molecule has 0 bridgehead atoms. The molecule has 2 rings (SSSR count). The molecule has 0 aliphatic rings. The van der Waals surface area contributed by atoms with Gasteiger partial charge in [-0.2, -0.15) is 0 Å². The average molecular weight is 346 g/mol.